The molecule has 0 unspecified atom stereocenters. The maximum atomic E-state index is 13.4. The molecule has 1 aromatic carbocycles. The van der Waals surface area contributed by atoms with Crippen molar-refractivity contribution in [3.8, 4) is 0 Å². The van der Waals surface area contributed by atoms with Gasteiger partial charge in [0.2, 0.25) is 0 Å². The summed E-state index contributed by atoms with van der Waals surface area (Å²) in [6.07, 6.45) is 4.39. The summed E-state index contributed by atoms with van der Waals surface area (Å²) in [5, 5.41) is 6.85. The molecule has 0 saturated heterocycles. The van der Waals surface area contributed by atoms with E-state index in [1.165, 1.54) is 6.07 Å². The van der Waals surface area contributed by atoms with Crippen LogP contribution in [0.2, 0.25) is 0 Å². The van der Waals surface area contributed by atoms with Crippen LogP contribution in [0.15, 0.2) is 48.8 Å². The normalized spacial score (nSPS) is 10.2. The number of hydrogen-bond donors (Lipinski definition) is 2. The molecule has 2 aromatic rings. The van der Waals surface area contributed by atoms with Crippen LogP contribution in [0, 0.1) is 5.82 Å². The minimum Gasteiger partial charge on any atom is -0.362 e. The number of halogens is 1. The first-order valence-corrected chi connectivity index (χ1v) is 8.58. The van der Waals surface area contributed by atoms with Crippen LogP contribution in [0.25, 0.3) is 0 Å². The molecule has 0 aliphatic heterocycles. The third-order valence-electron chi connectivity index (χ3n) is 2.90. The van der Waals surface area contributed by atoms with Crippen LogP contribution in [0.1, 0.15) is 12.0 Å². The van der Waals surface area contributed by atoms with E-state index in [0.717, 1.165) is 30.0 Å². The standard InChI is InChI=1S/C16H18FN3S2/c17-15-5-2-1-4-13(15)12-22-11-3-8-19-16(21)20-14-6-9-18-10-7-14/h1-2,4-7,9-10H,3,8,11-12H2,(H2,18,19,20,21). The van der Waals surface area contributed by atoms with Gasteiger partial charge in [0.15, 0.2) is 5.11 Å². The average molecular weight is 335 g/mol. The van der Waals surface area contributed by atoms with Gasteiger partial charge in [-0.25, -0.2) is 4.39 Å². The van der Waals surface area contributed by atoms with Gasteiger partial charge in [0.25, 0.3) is 0 Å². The van der Waals surface area contributed by atoms with E-state index in [1.807, 2.05) is 24.3 Å². The van der Waals surface area contributed by atoms with E-state index >= 15 is 0 Å². The molecule has 6 heteroatoms. The van der Waals surface area contributed by atoms with Crippen molar-refractivity contribution in [3.05, 3.63) is 60.2 Å². The van der Waals surface area contributed by atoms with Gasteiger partial charge in [-0.05, 0) is 48.2 Å². The van der Waals surface area contributed by atoms with Gasteiger partial charge >= 0.3 is 0 Å². The van der Waals surface area contributed by atoms with Gasteiger partial charge in [0, 0.05) is 30.4 Å². The molecule has 0 radical (unpaired) electrons. The lowest BCUT2D eigenvalue weighted by atomic mass is 10.2. The Morgan fingerprint density at radius 3 is 2.73 bits per heavy atom. The van der Waals surface area contributed by atoms with Crippen molar-refractivity contribution < 1.29 is 4.39 Å². The average Bonchev–Trinajstić information content (AvgIpc) is 2.53. The van der Waals surface area contributed by atoms with Crippen LogP contribution >= 0.6 is 24.0 Å². The van der Waals surface area contributed by atoms with Gasteiger partial charge in [-0.2, -0.15) is 11.8 Å². The summed E-state index contributed by atoms with van der Waals surface area (Å²) in [6.45, 7) is 0.793. The fourth-order valence-corrected chi connectivity index (χ4v) is 2.95. The first kappa shape index (κ1) is 16.7. The second-order valence-electron chi connectivity index (χ2n) is 4.61. The molecular formula is C16H18FN3S2. The Hall–Kier alpha value is -1.66. The maximum Gasteiger partial charge on any atom is 0.170 e. The number of nitrogens with one attached hydrogen (secondary N) is 2. The molecule has 2 N–H and O–H groups in total. The molecule has 3 nitrogen and oxygen atoms in total. The van der Waals surface area contributed by atoms with E-state index in [1.54, 1.807) is 30.2 Å². The summed E-state index contributed by atoms with van der Waals surface area (Å²) in [4.78, 5) is 3.95. The Bertz CT molecular complexity index is 593. The predicted octanol–water partition coefficient (Wildman–Crippen LogP) is 3.83. The van der Waals surface area contributed by atoms with Crippen molar-refractivity contribution in [2.24, 2.45) is 0 Å². The summed E-state index contributed by atoms with van der Waals surface area (Å²) < 4.78 is 13.4. The third kappa shape index (κ3) is 5.99. The molecule has 0 spiro atoms. The number of thiocarbonyl (C=S) groups is 1. The molecule has 0 atom stereocenters. The number of pyridine rings is 1. The fraction of sp³-hybridized carbons (Fsp3) is 0.250. The summed E-state index contributed by atoms with van der Waals surface area (Å²) in [6, 6.07) is 10.6. The lowest BCUT2D eigenvalue weighted by Gasteiger charge is -2.10. The molecule has 1 aromatic heterocycles. The van der Waals surface area contributed by atoms with Crippen LogP contribution in [0.5, 0.6) is 0 Å². The SMILES string of the molecule is Fc1ccccc1CSCCCNC(=S)Nc1ccncc1. The van der Waals surface area contributed by atoms with Crippen LogP contribution in [-0.2, 0) is 5.75 Å². The number of rotatable bonds is 7. The molecular weight excluding hydrogens is 317 g/mol. The number of hydrogen-bond acceptors (Lipinski definition) is 3. The lowest BCUT2D eigenvalue weighted by Crippen LogP contribution is -2.29. The zero-order valence-electron chi connectivity index (χ0n) is 12.1. The number of anilines is 1. The summed E-state index contributed by atoms with van der Waals surface area (Å²) in [5.74, 6) is 1.53. The third-order valence-corrected chi connectivity index (χ3v) is 4.24. The van der Waals surface area contributed by atoms with E-state index in [4.69, 9.17) is 12.2 Å². The largest absolute Gasteiger partial charge is 0.362 e. The predicted molar refractivity (Wildman–Crippen MR) is 95.6 cm³/mol. The van der Waals surface area contributed by atoms with Crippen LogP contribution in [0.4, 0.5) is 10.1 Å². The number of thioether (sulfide) groups is 1. The van der Waals surface area contributed by atoms with Crippen molar-refractivity contribution in [1.29, 1.82) is 0 Å². The van der Waals surface area contributed by atoms with Gasteiger partial charge in [-0.3, -0.25) is 4.98 Å². The van der Waals surface area contributed by atoms with E-state index in [2.05, 4.69) is 15.6 Å². The minimum atomic E-state index is -0.129. The Morgan fingerprint density at radius 2 is 1.95 bits per heavy atom. The monoisotopic (exact) mass is 335 g/mol. The minimum absolute atomic E-state index is 0.129. The van der Waals surface area contributed by atoms with Crippen molar-refractivity contribution in [2.45, 2.75) is 12.2 Å². The second-order valence-corrected chi connectivity index (χ2v) is 6.13. The number of aromatic nitrogens is 1. The van der Waals surface area contributed by atoms with Crippen LogP contribution < -0.4 is 10.6 Å². The summed E-state index contributed by atoms with van der Waals surface area (Å²) >= 11 is 6.93. The maximum absolute atomic E-state index is 13.4. The number of benzene rings is 1. The quantitative estimate of drug-likeness (QED) is 0.594. The molecule has 0 aliphatic carbocycles. The molecule has 116 valence electrons. The Balaban J connectivity index is 1.56. The molecule has 22 heavy (non-hydrogen) atoms. The highest BCUT2D eigenvalue weighted by atomic mass is 32.2. The number of nitrogens with zero attached hydrogens (tertiary/aromatic N) is 1. The summed E-state index contributed by atoms with van der Waals surface area (Å²) in [7, 11) is 0. The van der Waals surface area contributed by atoms with Gasteiger partial charge in [0.1, 0.15) is 5.82 Å². The van der Waals surface area contributed by atoms with Crippen LogP contribution in [0.3, 0.4) is 0 Å². The van der Waals surface area contributed by atoms with Gasteiger partial charge in [-0.1, -0.05) is 18.2 Å². The highest BCUT2D eigenvalue weighted by molar-refractivity contribution is 7.98. The van der Waals surface area contributed by atoms with Crippen LogP contribution in [-0.4, -0.2) is 22.4 Å². The Morgan fingerprint density at radius 1 is 1.18 bits per heavy atom. The van der Waals surface area contributed by atoms with E-state index < -0.39 is 0 Å². The highest BCUT2D eigenvalue weighted by Gasteiger charge is 2.00. The van der Waals surface area contributed by atoms with Crippen molar-refractivity contribution >= 4 is 34.8 Å². The molecule has 0 fully saturated rings. The molecule has 0 bridgehead atoms. The van der Waals surface area contributed by atoms with E-state index in [9.17, 15) is 4.39 Å². The highest BCUT2D eigenvalue weighted by Crippen LogP contribution is 2.15. The van der Waals surface area contributed by atoms with E-state index in [-0.39, 0.29) is 5.82 Å². The lowest BCUT2D eigenvalue weighted by molar-refractivity contribution is 0.617. The first-order valence-electron chi connectivity index (χ1n) is 7.02. The zero-order chi connectivity index (χ0) is 15.6. The van der Waals surface area contributed by atoms with Crippen molar-refractivity contribution in [2.75, 3.05) is 17.6 Å². The van der Waals surface area contributed by atoms with E-state index in [0.29, 0.717) is 10.9 Å². The fourth-order valence-electron chi connectivity index (χ4n) is 1.78. The van der Waals surface area contributed by atoms with Gasteiger partial charge in [-0.15, -0.1) is 0 Å². The van der Waals surface area contributed by atoms with Gasteiger partial charge < -0.3 is 10.6 Å². The molecule has 0 saturated carbocycles. The molecule has 0 amide bonds. The van der Waals surface area contributed by atoms with Crippen molar-refractivity contribution in [1.82, 2.24) is 10.3 Å². The van der Waals surface area contributed by atoms with Gasteiger partial charge in [0.05, 0.1) is 0 Å². The molecule has 2 rings (SSSR count). The zero-order valence-corrected chi connectivity index (χ0v) is 13.7. The summed E-state index contributed by atoms with van der Waals surface area (Å²) in [5.41, 5.74) is 1.68. The molecule has 0 aliphatic rings. The Labute approximate surface area is 139 Å². The topological polar surface area (TPSA) is 37.0 Å². The molecule has 1 heterocycles. The first-order chi connectivity index (χ1) is 10.8. The second kappa shape index (κ2) is 9.38. The van der Waals surface area contributed by atoms with Crippen molar-refractivity contribution in [3.63, 3.8) is 0 Å². The Kier molecular flexibility index (Phi) is 7.12. The smallest absolute Gasteiger partial charge is 0.170 e.